The predicted molar refractivity (Wildman–Crippen MR) is 181 cm³/mol. The number of carbonyl (C=O) groups excluding carboxylic acids is 2. The van der Waals surface area contributed by atoms with Crippen LogP contribution >= 0.6 is 0 Å². The van der Waals surface area contributed by atoms with E-state index in [1.807, 2.05) is 27.7 Å². The monoisotopic (exact) mass is 670 g/mol. The molecule has 0 bridgehead atoms. The predicted octanol–water partition coefficient (Wildman–Crippen LogP) is 4.47. The molecule has 4 aliphatic heterocycles. The van der Waals surface area contributed by atoms with Crippen LogP contribution < -0.4 is 10.2 Å². The molecule has 1 N–H and O–H groups in total. The molecule has 2 saturated carbocycles. The molecule has 13 nitrogen and oxygen atoms in total. The van der Waals surface area contributed by atoms with E-state index in [0.29, 0.717) is 53.6 Å². The van der Waals surface area contributed by atoms with E-state index in [1.54, 1.807) is 31.4 Å². The Balaban J connectivity index is 0.899. The van der Waals surface area contributed by atoms with Crippen LogP contribution in [0, 0.1) is 10.8 Å². The molecule has 6 aliphatic rings. The standard InChI is InChI=1S/C36H46N8O5/c1-34(2,3)49-32-31(48-32)44-25-10-11-36(25)19-35(14-26(36)44)15-28(45)42(20-35)22-8-9-27(37-17-22)39-33-38-16-21-13-24(30(46)41(4)5)43(29(21)40-33)23-7-6-12-47-18-23/h8-9,13,16-17,23,25-26,31-32H,6-7,10-12,14-15,18-20H2,1-5H3,(H,37,38,39,40). The van der Waals surface area contributed by atoms with Gasteiger partial charge in [-0.2, -0.15) is 4.98 Å². The molecule has 3 aromatic rings. The Hall–Kier alpha value is -3.65. The number of likely N-dealkylation sites (tertiary alicyclic amines) is 1. The molecule has 0 aromatic carbocycles. The minimum Gasteiger partial charge on any atom is -0.379 e. The first-order valence-corrected chi connectivity index (χ1v) is 17.8. The van der Waals surface area contributed by atoms with E-state index in [9.17, 15) is 9.59 Å². The van der Waals surface area contributed by atoms with Gasteiger partial charge in [0.15, 0.2) is 12.5 Å². The number of amides is 2. The summed E-state index contributed by atoms with van der Waals surface area (Å²) in [6, 6.07) is 6.71. The molecule has 4 saturated heterocycles. The number of pyridine rings is 1. The maximum absolute atomic E-state index is 13.5. The van der Waals surface area contributed by atoms with Gasteiger partial charge in [0.1, 0.15) is 17.2 Å². The van der Waals surface area contributed by atoms with Gasteiger partial charge < -0.3 is 33.9 Å². The summed E-state index contributed by atoms with van der Waals surface area (Å²) in [6.45, 7) is 8.20. The minimum absolute atomic E-state index is 0.0148. The van der Waals surface area contributed by atoms with Gasteiger partial charge in [0.2, 0.25) is 11.9 Å². The quantitative estimate of drug-likeness (QED) is 0.360. The van der Waals surface area contributed by atoms with E-state index in [2.05, 4.69) is 41.0 Å². The number of fused-ring (bicyclic) bond motifs is 1. The zero-order valence-corrected chi connectivity index (χ0v) is 29.0. The summed E-state index contributed by atoms with van der Waals surface area (Å²) in [5.74, 6) is 1.05. The lowest BCUT2D eigenvalue weighted by molar-refractivity contribution is -0.207. The van der Waals surface area contributed by atoms with Crippen molar-refractivity contribution < 1.29 is 23.8 Å². The van der Waals surface area contributed by atoms with Crippen LogP contribution in [0.25, 0.3) is 11.0 Å². The van der Waals surface area contributed by atoms with Crippen molar-refractivity contribution >= 4 is 40.3 Å². The van der Waals surface area contributed by atoms with Crippen LogP contribution in [0.1, 0.15) is 82.2 Å². The highest BCUT2D eigenvalue weighted by Crippen LogP contribution is 2.72. The summed E-state index contributed by atoms with van der Waals surface area (Å²) in [6.07, 6.45) is 10.4. The molecular formula is C36H46N8O5. The van der Waals surface area contributed by atoms with Gasteiger partial charge in [0, 0.05) is 62.7 Å². The molecule has 2 aliphatic carbocycles. The number of rotatable bonds is 7. The van der Waals surface area contributed by atoms with Crippen LogP contribution in [0.4, 0.5) is 17.5 Å². The smallest absolute Gasteiger partial charge is 0.270 e. The molecule has 2 amide bonds. The molecule has 7 heterocycles. The highest BCUT2D eigenvalue weighted by atomic mass is 16.8. The number of epoxide rings is 1. The van der Waals surface area contributed by atoms with Crippen LogP contribution in [0.15, 0.2) is 30.6 Å². The number of piperidine rings is 1. The molecule has 49 heavy (non-hydrogen) atoms. The second kappa shape index (κ2) is 10.9. The van der Waals surface area contributed by atoms with Gasteiger partial charge in [-0.05, 0) is 82.9 Å². The fourth-order valence-electron chi connectivity index (χ4n) is 9.70. The van der Waals surface area contributed by atoms with Crippen molar-refractivity contribution in [2.45, 2.75) is 102 Å². The third-order valence-corrected chi connectivity index (χ3v) is 11.8. The lowest BCUT2D eigenvalue weighted by Gasteiger charge is -2.68. The lowest BCUT2D eigenvalue weighted by atomic mass is 9.53. The highest BCUT2D eigenvalue weighted by molar-refractivity contribution is 5.98. The Bertz CT molecular complexity index is 1820. The first kappa shape index (κ1) is 31.3. The van der Waals surface area contributed by atoms with Crippen molar-refractivity contribution in [2.75, 3.05) is 44.1 Å². The Morgan fingerprint density at radius 1 is 1.14 bits per heavy atom. The molecule has 13 heteroatoms. The minimum atomic E-state index is -0.232. The number of hydrogen-bond donors (Lipinski definition) is 1. The topological polar surface area (TPSA) is 130 Å². The number of anilines is 3. The molecule has 2 spiro atoms. The fraction of sp³-hybridized carbons (Fsp3) is 0.639. The summed E-state index contributed by atoms with van der Waals surface area (Å²) in [5, 5.41) is 4.03. The summed E-state index contributed by atoms with van der Waals surface area (Å²) in [7, 11) is 3.51. The second-order valence-electron chi connectivity index (χ2n) is 16.4. The van der Waals surface area contributed by atoms with E-state index in [0.717, 1.165) is 49.9 Å². The molecule has 6 fully saturated rings. The highest BCUT2D eigenvalue weighted by Gasteiger charge is 2.76. The second-order valence-corrected chi connectivity index (χ2v) is 16.4. The largest absolute Gasteiger partial charge is 0.379 e. The number of nitrogens with zero attached hydrogens (tertiary/aromatic N) is 7. The van der Waals surface area contributed by atoms with Crippen molar-refractivity contribution in [3.05, 3.63) is 36.3 Å². The summed E-state index contributed by atoms with van der Waals surface area (Å²) in [4.78, 5) is 46.8. The van der Waals surface area contributed by atoms with E-state index >= 15 is 0 Å². The molecule has 260 valence electrons. The SMILES string of the molecule is CN(C)C(=O)c1cc2cnc(Nc3ccc(N4CC5(CC4=O)CC4N(C6OC6OC(C)(C)C)C6CCC64C5)cn3)nc2n1C1CCCOC1. The molecular weight excluding hydrogens is 624 g/mol. The maximum atomic E-state index is 13.5. The fourth-order valence-corrected chi connectivity index (χ4v) is 9.70. The Kier molecular flexibility index (Phi) is 6.99. The number of ether oxygens (including phenoxy) is 3. The number of aromatic nitrogens is 4. The molecule has 7 atom stereocenters. The molecule has 9 rings (SSSR count). The zero-order valence-electron chi connectivity index (χ0n) is 29.0. The third-order valence-electron chi connectivity index (χ3n) is 11.8. The van der Waals surface area contributed by atoms with Crippen molar-refractivity contribution in [2.24, 2.45) is 10.8 Å². The Labute approximate surface area is 286 Å². The first-order valence-electron chi connectivity index (χ1n) is 17.8. The normalized spacial score (nSPS) is 33.7. The van der Waals surface area contributed by atoms with Crippen LogP contribution in [0.3, 0.4) is 0 Å². The van der Waals surface area contributed by atoms with Gasteiger partial charge in [-0.25, -0.2) is 9.97 Å². The summed E-state index contributed by atoms with van der Waals surface area (Å²) in [5.41, 5.74) is 2.15. The van der Waals surface area contributed by atoms with E-state index in [4.69, 9.17) is 19.2 Å². The summed E-state index contributed by atoms with van der Waals surface area (Å²) < 4.78 is 19.9. The van der Waals surface area contributed by atoms with Gasteiger partial charge in [0.05, 0.1) is 30.1 Å². The Morgan fingerprint density at radius 3 is 2.69 bits per heavy atom. The van der Waals surface area contributed by atoms with Crippen LogP contribution in [-0.2, 0) is 19.0 Å². The first-order chi connectivity index (χ1) is 23.4. The maximum Gasteiger partial charge on any atom is 0.270 e. The van der Waals surface area contributed by atoms with Crippen molar-refractivity contribution in [3.63, 3.8) is 0 Å². The average Bonchev–Trinajstić information content (AvgIpc) is 3.40. The van der Waals surface area contributed by atoms with Crippen molar-refractivity contribution in [3.8, 4) is 0 Å². The number of nitrogens with one attached hydrogen (secondary N) is 1. The molecule has 3 aromatic heterocycles. The van der Waals surface area contributed by atoms with Gasteiger partial charge in [-0.15, -0.1) is 0 Å². The van der Waals surface area contributed by atoms with Crippen LogP contribution in [-0.4, -0.2) is 105 Å². The van der Waals surface area contributed by atoms with E-state index < -0.39 is 0 Å². The third kappa shape index (κ3) is 5.06. The molecule has 0 radical (unpaired) electrons. The molecule has 7 unspecified atom stereocenters. The van der Waals surface area contributed by atoms with Gasteiger partial charge in [0.25, 0.3) is 5.91 Å². The van der Waals surface area contributed by atoms with Gasteiger partial charge in [-0.3, -0.25) is 14.5 Å². The van der Waals surface area contributed by atoms with E-state index in [-0.39, 0.29) is 41.4 Å². The number of carbonyl (C=O) groups is 2. The van der Waals surface area contributed by atoms with Gasteiger partial charge in [-0.1, -0.05) is 0 Å². The zero-order chi connectivity index (χ0) is 33.9. The van der Waals surface area contributed by atoms with Crippen molar-refractivity contribution in [1.82, 2.24) is 29.3 Å². The van der Waals surface area contributed by atoms with Crippen molar-refractivity contribution in [1.29, 1.82) is 0 Å². The van der Waals surface area contributed by atoms with Gasteiger partial charge >= 0.3 is 0 Å². The van der Waals surface area contributed by atoms with Crippen LogP contribution in [0.5, 0.6) is 0 Å². The van der Waals surface area contributed by atoms with E-state index in [1.165, 1.54) is 12.8 Å². The average molecular weight is 671 g/mol. The van der Waals surface area contributed by atoms with Crippen LogP contribution in [0.2, 0.25) is 0 Å². The summed E-state index contributed by atoms with van der Waals surface area (Å²) >= 11 is 0. The Morgan fingerprint density at radius 2 is 2.00 bits per heavy atom. The lowest BCUT2D eigenvalue weighted by Crippen LogP contribution is -2.75. The number of hydrogen-bond acceptors (Lipinski definition) is 10.